The Kier molecular flexibility index (Phi) is 7.40. The van der Waals surface area contributed by atoms with E-state index in [4.69, 9.17) is 4.74 Å². The van der Waals surface area contributed by atoms with Crippen LogP contribution in [-0.2, 0) is 16.7 Å². The van der Waals surface area contributed by atoms with Crippen LogP contribution in [0.1, 0.15) is 84.8 Å². The molecular weight excluding hydrogens is 402 g/mol. The van der Waals surface area contributed by atoms with Crippen molar-refractivity contribution >= 4 is 22.0 Å². The van der Waals surface area contributed by atoms with Crippen molar-refractivity contribution in [3.63, 3.8) is 0 Å². The van der Waals surface area contributed by atoms with Crippen molar-refractivity contribution in [3.8, 4) is 0 Å². The van der Waals surface area contributed by atoms with Crippen LogP contribution in [0.3, 0.4) is 0 Å². The van der Waals surface area contributed by atoms with Gasteiger partial charge < -0.3 is 9.64 Å². The Hall–Kier alpha value is -1.03. The average Bonchev–Trinajstić information content (AvgIpc) is 2.52. The number of nitrogens with zero attached hydrogens (tertiary/aromatic N) is 1. The fourth-order valence-electron chi connectivity index (χ4n) is 3.61. The fraction of sp³-hybridized carbons (Fsp3) is 0.696. The van der Waals surface area contributed by atoms with Gasteiger partial charge in [-0.1, -0.05) is 62.0 Å². The minimum atomic E-state index is -0.476. The summed E-state index contributed by atoms with van der Waals surface area (Å²) in [6.45, 7) is 13.8. The molecule has 0 bridgehead atoms. The molecule has 1 fully saturated rings. The fourth-order valence-corrected chi connectivity index (χ4v) is 4.15. The van der Waals surface area contributed by atoms with E-state index in [1.807, 2.05) is 25.7 Å². The number of ether oxygens (including phenoxy) is 1. The molecule has 1 aliphatic carbocycles. The first-order chi connectivity index (χ1) is 12.4. The summed E-state index contributed by atoms with van der Waals surface area (Å²) in [6, 6.07) is 6.51. The third-order valence-electron chi connectivity index (χ3n) is 5.05. The van der Waals surface area contributed by atoms with Crippen LogP contribution in [0.25, 0.3) is 0 Å². The zero-order valence-electron chi connectivity index (χ0n) is 17.9. The van der Waals surface area contributed by atoms with Crippen molar-refractivity contribution in [2.75, 3.05) is 6.54 Å². The minimum Gasteiger partial charge on any atom is -0.444 e. The molecule has 3 nitrogen and oxygen atoms in total. The SMILES string of the molecule is CC(C)(C)OC(=O)N(Cc1cc(Br)cc(C(C)(C)C)c1)CC1CCCCC1. The van der Waals surface area contributed by atoms with Gasteiger partial charge in [0, 0.05) is 17.6 Å². The third kappa shape index (κ3) is 7.48. The lowest BCUT2D eigenvalue weighted by Gasteiger charge is -2.32. The van der Waals surface area contributed by atoms with Crippen molar-refractivity contribution in [2.24, 2.45) is 5.92 Å². The molecule has 27 heavy (non-hydrogen) atoms. The average molecular weight is 438 g/mol. The molecule has 0 atom stereocenters. The Morgan fingerprint density at radius 2 is 1.70 bits per heavy atom. The van der Waals surface area contributed by atoms with Crippen LogP contribution in [-0.4, -0.2) is 23.1 Å². The number of halogens is 1. The Morgan fingerprint density at radius 1 is 1.07 bits per heavy atom. The normalized spacial score (nSPS) is 16.3. The van der Waals surface area contributed by atoms with E-state index >= 15 is 0 Å². The lowest BCUT2D eigenvalue weighted by atomic mass is 9.86. The van der Waals surface area contributed by atoms with Gasteiger partial charge in [-0.3, -0.25) is 0 Å². The standard InChI is InChI=1S/C23H36BrNO2/c1-22(2,3)19-12-18(13-20(24)14-19)16-25(21(26)27-23(4,5)6)15-17-10-8-7-9-11-17/h12-14,17H,7-11,15-16H2,1-6H3. The zero-order valence-corrected chi connectivity index (χ0v) is 19.5. The number of rotatable bonds is 4. The number of hydrogen-bond acceptors (Lipinski definition) is 2. The van der Waals surface area contributed by atoms with Crippen molar-refractivity contribution in [1.29, 1.82) is 0 Å². The van der Waals surface area contributed by atoms with E-state index in [2.05, 4.69) is 54.9 Å². The molecule has 0 saturated heterocycles. The summed E-state index contributed by atoms with van der Waals surface area (Å²) in [4.78, 5) is 14.8. The number of carbonyl (C=O) groups is 1. The Bertz CT molecular complexity index is 637. The molecule has 0 radical (unpaired) electrons. The molecule has 0 N–H and O–H groups in total. The molecule has 1 amide bonds. The minimum absolute atomic E-state index is 0.0681. The molecule has 4 heteroatoms. The summed E-state index contributed by atoms with van der Waals surface area (Å²) in [5, 5.41) is 0. The highest BCUT2D eigenvalue weighted by Crippen LogP contribution is 2.29. The summed E-state index contributed by atoms with van der Waals surface area (Å²) in [7, 11) is 0. The predicted molar refractivity (Wildman–Crippen MR) is 116 cm³/mol. The summed E-state index contributed by atoms with van der Waals surface area (Å²) in [6.07, 6.45) is 6.10. The third-order valence-corrected chi connectivity index (χ3v) is 5.51. The van der Waals surface area contributed by atoms with Crippen LogP contribution >= 0.6 is 15.9 Å². The topological polar surface area (TPSA) is 29.5 Å². The van der Waals surface area contributed by atoms with Crippen molar-refractivity contribution in [3.05, 3.63) is 33.8 Å². The maximum absolute atomic E-state index is 12.9. The number of hydrogen-bond donors (Lipinski definition) is 0. The molecular formula is C23H36BrNO2. The van der Waals surface area contributed by atoms with Gasteiger partial charge in [-0.15, -0.1) is 0 Å². The highest BCUT2D eigenvalue weighted by molar-refractivity contribution is 9.10. The van der Waals surface area contributed by atoms with Gasteiger partial charge in [-0.25, -0.2) is 4.79 Å². The second-order valence-electron chi connectivity index (χ2n) is 9.96. The van der Waals surface area contributed by atoms with E-state index in [9.17, 15) is 4.79 Å². The molecule has 152 valence electrons. The van der Waals surface area contributed by atoms with E-state index in [0.29, 0.717) is 12.5 Å². The summed E-state index contributed by atoms with van der Waals surface area (Å²) >= 11 is 3.65. The maximum atomic E-state index is 12.9. The number of amides is 1. The molecule has 0 aliphatic heterocycles. The zero-order chi connectivity index (χ0) is 20.2. The first kappa shape index (κ1) is 22.3. The van der Waals surface area contributed by atoms with Crippen LogP contribution < -0.4 is 0 Å². The summed E-state index contributed by atoms with van der Waals surface area (Å²) in [5.74, 6) is 0.584. The van der Waals surface area contributed by atoms with Gasteiger partial charge >= 0.3 is 6.09 Å². The van der Waals surface area contributed by atoms with Crippen LogP contribution in [0.15, 0.2) is 22.7 Å². The van der Waals surface area contributed by atoms with E-state index in [0.717, 1.165) is 16.6 Å². The number of benzene rings is 1. The smallest absolute Gasteiger partial charge is 0.410 e. The molecule has 2 rings (SSSR count). The quantitative estimate of drug-likeness (QED) is 0.503. The maximum Gasteiger partial charge on any atom is 0.410 e. The monoisotopic (exact) mass is 437 g/mol. The van der Waals surface area contributed by atoms with Crippen LogP contribution in [0.5, 0.6) is 0 Å². The van der Waals surface area contributed by atoms with Crippen LogP contribution in [0, 0.1) is 5.92 Å². The van der Waals surface area contributed by atoms with E-state index in [1.54, 1.807) is 0 Å². The predicted octanol–water partition coefficient (Wildman–Crippen LogP) is 7.06. The van der Waals surface area contributed by atoms with Gasteiger partial charge in [0.2, 0.25) is 0 Å². The summed E-state index contributed by atoms with van der Waals surface area (Å²) in [5.41, 5.74) is 2.01. The molecule has 1 saturated carbocycles. The van der Waals surface area contributed by atoms with Crippen LogP contribution in [0.4, 0.5) is 4.79 Å². The van der Waals surface area contributed by atoms with Gasteiger partial charge in [-0.2, -0.15) is 0 Å². The van der Waals surface area contributed by atoms with Crippen molar-refractivity contribution in [1.82, 2.24) is 4.90 Å². The molecule has 0 aromatic heterocycles. The van der Waals surface area contributed by atoms with Gasteiger partial charge in [-0.05, 0) is 68.2 Å². The number of carbonyl (C=O) groups excluding carboxylic acids is 1. The largest absolute Gasteiger partial charge is 0.444 e. The summed E-state index contributed by atoms with van der Waals surface area (Å²) < 4.78 is 6.78. The highest BCUT2D eigenvalue weighted by atomic mass is 79.9. The molecule has 1 aromatic rings. The molecule has 0 heterocycles. The van der Waals surface area contributed by atoms with E-state index in [1.165, 1.54) is 37.7 Å². The molecule has 0 spiro atoms. The molecule has 1 aliphatic rings. The Labute approximate surface area is 174 Å². The van der Waals surface area contributed by atoms with Gasteiger partial charge in [0.1, 0.15) is 5.60 Å². The van der Waals surface area contributed by atoms with Crippen molar-refractivity contribution in [2.45, 2.75) is 91.2 Å². The first-order valence-corrected chi connectivity index (χ1v) is 11.0. The Balaban J connectivity index is 2.22. The van der Waals surface area contributed by atoms with Crippen LogP contribution in [0.2, 0.25) is 0 Å². The van der Waals surface area contributed by atoms with Gasteiger partial charge in [0.15, 0.2) is 0 Å². The van der Waals surface area contributed by atoms with Gasteiger partial charge in [0.25, 0.3) is 0 Å². The lowest BCUT2D eigenvalue weighted by Crippen LogP contribution is -2.39. The molecule has 0 unspecified atom stereocenters. The van der Waals surface area contributed by atoms with E-state index < -0.39 is 5.60 Å². The van der Waals surface area contributed by atoms with Gasteiger partial charge in [0.05, 0.1) is 0 Å². The first-order valence-electron chi connectivity index (χ1n) is 10.2. The second-order valence-corrected chi connectivity index (χ2v) is 10.9. The van der Waals surface area contributed by atoms with Crippen molar-refractivity contribution < 1.29 is 9.53 Å². The highest BCUT2D eigenvalue weighted by Gasteiger charge is 2.26. The van der Waals surface area contributed by atoms with E-state index in [-0.39, 0.29) is 11.5 Å². The molecule has 1 aromatic carbocycles. The second kappa shape index (κ2) is 8.98. The lowest BCUT2D eigenvalue weighted by molar-refractivity contribution is 0.0190. The Morgan fingerprint density at radius 3 is 2.26 bits per heavy atom.